The van der Waals surface area contributed by atoms with Gasteiger partial charge in [0.1, 0.15) is 5.75 Å². The molecule has 188 valence electrons. The van der Waals surface area contributed by atoms with E-state index in [1.807, 2.05) is 25.1 Å². The maximum Gasteiger partial charge on any atom is 0.191 e. The molecule has 0 amide bonds. The zero-order valence-electron chi connectivity index (χ0n) is 21.4. The lowest BCUT2D eigenvalue weighted by Gasteiger charge is -2.25. The van der Waals surface area contributed by atoms with E-state index in [4.69, 9.17) is 0 Å². The molecule has 1 atom stereocenters. The third-order valence-corrected chi connectivity index (χ3v) is 8.49. The Morgan fingerprint density at radius 3 is 2.72 bits per heavy atom. The largest absolute Gasteiger partial charge is 0.508 e. The van der Waals surface area contributed by atoms with Crippen molar-refractivity contribution in [1.29, 1.82) is 0 Å². The fourth-order valence-corrected chi connectivity index (χ4v) is 6.04. The number of hydrogen-bond donors (Lipinski definition) is 1. The molecule has 4 aromatic rings. The third kappa shape index (κ3) is 5.57. The molecule has 5 rings (SSSR count). The molecule has 0 radical (unpaired) electrons. The number of hydrogen-bond acceptors (Lipinski definition) is 6. The molecule has 7 heteroatoms. The second kappa shape index (κ2) is 10.6. The van der Waals surface area contributed by atoms with Crippen LogP contribution in [-0.2, 0) is 13.5 Å². The van der Waals surface area contributed by atoms with Crippen molar-refractivity contribution in [3.8, 4) is 17.1 Å². The first-order chi connectivity index (χ1) is 17.4. The van der Waals surface area contributed by atoms with Crippen LogP contribution in [0.25, 0.3) is 22.3 Å². The van der Waals surface area contributed by atoms with Crippen LogP contribution in [0, 0.1) is 12.3 Å². The highest BCUT2D eigenvalue weighted by Gasteiger charge is 2.32. The van der Waals surface area contributed by atoms with Crippen molar-refractivity contribution in [2.45, 2.75) is 44.7 Å². The van der Waals surface area contributed by atoms with E-state index in [0.29, 0.717) is 11.2 Å². The Hall–Kier alpha value is -2.90. The van der Waals surface area contributed by atoms with E-state index in [2.05, 4.69) is 62.9 Å². The van der Waals surface area contributed by atoms with Crippen LogP contribution in [0.5, 0.6) is 5.75 Å². The van der Waals surface area contributed by atoms with E-state index in [1.165, 1.54) is 31.5 Å². The summed E-state index contributed by atoms with van der Waals surface area (Å²) in [4.78, 5) is 7.28. The average molecular weight is 502 g/mol. The summed E-state index contributed by atoms with van der Waals surface area (Å²) in [6.07, 6.45) is 4.65. The smallest absolute Gasteiger partial charge is 0.191 e. The fourth-order valence-electron chi connectivity index (χ4n) is 5.21. The molecule has 0 spiro atoms. The average Bonchev–Trinajstić information content (AvgIpc) is 3.43. The monoisotopic (exact) mass is 501 g/mol. The molecular weight excluding hydrogens is 466 g/mol. The van der Waals surface area contributed by atoms with Crippen LogP contribution in [0.15, 0.2) is 59.8 Å². The Labute approximate surface area is 217 Å². The Morgan fingerprint density at radius 1 is 1.06 bits per heavy atom. The first kappa shape index (κ1) is 24.8. The minimum absolute atomic E-state index is 0.341. The van der Waals surface area contributed by atoms with Gasteiger partial charge < -0.3 is 14.6 Å². The summed E-state index contributed by atoms with van der Waals surface area (Å²) in [5, 5.41) is 20.6. The van der Waals surface area contributed by atoms with Crippen molar-refractivity contribution < 1.29 is 5.11 Å². The highest BCUT2D eigenvalue weighted by atomic mass is 32.2. The van der Waals surface area contributed by atoms with Gasteiger partial charge in [-0.1, -0.05) is 49.0 Å². The van der Waals surface area contributed by atoms with Crippen LogP contribution in [0.3, 0.4) is 0 Å². The van der Waals surface area contributed by atoms with Crippen molar-refractivity contribution in [2.75, 3.05) is 25.4 Å². The molecule has 1 N–H and O–H groups in total. The molecule has 36 heavy (non-hydrogen) atoms. The maximum absolute atomic E-state index is 9.49. The number of benzene rings is 2. The number of phenolic OH excluding ortho intramolecular Hbond substituents is 1. The normalized spacial score (nSPS) is 18.3. The van der Waals surface area contributed by atoms with Gasteiger partial charge in [0.15, 0.2) is 11.0 Å². The van der Waals surface area contributed by atoms with Crippen LogP contribution in [0.1, 0.15) is 37.4 Å². The summed E-state index contributed by atoms with van der Waals surface area (Å²) in [6, 6.07) is 18.0. The highest BCUT2D eigenvalue weighted by Crippen LogP contribution is 2.35. The van der Waals surface area contributed by atoms with Crippen LogP contribution in [-0.4, -0.2) is 55.1 Å². The molecule has 3 heterocycles. The number of likely N-dealkylation sites (tertiary alicyclic amines) is 1. The molecule has 6 nitrogen and oxygen atoms in total. The quantitative estimate of drug-likeness (QED) is 0.228. The number of aromatic nitrogens is 4. The molecule has 1 aliphatic heterocycles. The molecule has 0 aliphatic carbocycles. The van der Waals surface area contributed by atoms with Crippen molar-refractivity contribution >= 4 is 22.7 Å². The number of rotatable bonds is 9. The standard InChI is InChI=1S/C29H35N5OS/c1-21-8-13-24-25(6-4-7-26(24)30-21)27-31-32-28(33(27)3)36-19-5-17-34-18-16-29(2,20-34)15-14-22-9-11-23(35)12-10-22/h4,6-13,35H,5,14-20H2,1-3H3/t29-/m0/s1. The van der Waals surface area contributed by atoms with Gasteiger partial charge in [0.25, 0.3) is 0 Å². The lowest BCUT2D eigenvalue weighted by atomic mass is 9.83. The molecule has 2 aromatic heterocycles. The number of fused-ring (bicyclic) bond motifs is 1. The molecule has 0 unspecified atom stereocenters. The molecule has 0 saturated carbocycles. The van der Waals surface area contributed by atoms with Gasteiger partial charge in [-0.3, -0.25) is 4.98 Å². The van der Waals surface area contributed by atoms with Crippen molar-refractivity contribution in [3.05, 3.63) is 65.9 Å². The minimum atomic E-state index is 0.341. The first-order valence-corrected chi connectivity index (χ1v) is 13.8. The summed E-state index contributed by atoms with van der Waals surface area (Å²) in [7, 11) is 2.05. The Kier molecular flexibility index (Phi) is 7.30. The summed E-state index contributed by atoms with van der Waals surface area (Å²) in [5.74, 6) is 2.26. The zero-order valence-corrected chi connectivity index (χ0v) is 22.3. The molecule has 1 aliphatic rings. The topological polar surface area (TPSA) is 67.1 Å². The van der Waals surface area contributed by atoms with Gasteiger partial charge in [-0.15, -0.1) is 10.2 Å². The van der Waals surface area contributed by atoms with Gasteiger partial charge in [0.05, 0.1) is 5.52 Å². The van der Waals surface area contributed by atoms with Crippen molar-refractivity contribution in [1.82, 2.24) is 24.6 Å². The van der Waals surface area contributed by atoms with Crippen LogP contribution >= 0.6 is 11.8 Å². The second-order valence-corrected chi connectivity index (χ2v) is 11.5. The summed E-state index contributed by atoms with van der Waals surface area (Å²) in [6.45, 7) is 7.91. The fraction of sp³-hybridized carbons (Fsp3) is 0.414. The number of aryl methyl sites for hydroxylation is 2. The van der Waals surface area contributed by atoms with E-state index in [9.17, 15) is 5.11 Å². The van der Waals surface area contributed by atoms with Crippen molar-refractivity contribution in [2.24, 2.45) is 12.5 Å². The minimum Gasteiger partial charge on any atom is -0.508 e. The summed E-state index contributed by atoms with van der Waals surface area (Å²) in [5.41, 5.74) is 4.76. The van der Waals surface area contributed by atoms with Gasteiger partial charge in [-0.05, 0) is 80.9 Å². The number of thioether (sulfide) groups is 1. The number of aromatic hydroxyl groups is 1. The van der Waals surface area contributed by atoms with Gasteiger partial charge in [0, 0.05) is 36.0 Å². The number of nitrogens with zero attached hydrogens (tertiary/aromatic N) is 5. The molecule has 1 fully saturated rings. The molecule has 1 saturated heterocycles. The number of pyridine rings is 1. The Balaban J connectivity index is 1.12. The predicted molar refractivity (Wildman–Crippen MR) is 147 cm³/mol. The molecule has 0 bridgehead atoms. The predicted octanol–water partition coefficient (Wildman–Crippen LogP) is 5.87. The van der Waals surface area contributed by atoms with E-state index < -0.39 is 0 Å². The van der Waals surface area contributed by atoms with E-state index in [1.54, 1.807) is 23.9 Å². The SMILES string of the molecule is Cc1ccc2c(-c3nnc(SCCCN4CC[C@](C)(CCc5ccc(O)cc5)C4)n3C)cccc2n1. The van der Waals surface area contributed by atoms with Crippen LogP contribution < -0.4 is 0 Å². The number of phenols is 1. The maximum atomic E-state index is 9.49. The van der Waals surface area contributed by atoms with Crippen molar-refractivity contribution in [3.63, 3.8) is 0 Å². The molecule has 2 aromatic carbocycles. The van der Waals surface area contributed by atoms with E-state index in [0.717, 1.165) is 58.3 Å². The zero-order chi connectivity index (χ0) is 25.1. The Bertz CT molecular complexity index is 1340. The lowest BCUT2D eigenvalue weighted by Crippen LogP contribution is -2.26. The van der Waals surface area contributed by atoms with Gasteiger partial charge in [0.2, 0.25) is 0 Å². The second-order valence-electron chi connectivity index (χ2n) is 10.4. The van der Waals surface area contributed by atoms with E-state index >= 15 is 0 Å². The van der Waals surface area contributed by atoms with Gasteiger partial charge >= 0.3 is 0 Å². The van der Waals surface area contributed by atoms with E-state index in [-0.39, 0.29) is 0 Å². The lowest BCUT2D eigenvalue weighted by molar-refractivity contribution is 0.262. The van der Waals surface area contributed by atoms with Gasteiger partial charge in [-0.25, -0.2) is 0 Å². The van der Waals surface area contributed by atoms with Crippen LogP contribution in [0.4, 0.5) is 0 Å². The molecular formula is C29H35N5OS. The Morgan fingerprint density at radius 2 is 1.89 bits per heavy atom. The third-order valence-electron chi connectivity index (χ3n) is 7.39. The summed E-state index contributed by atoms with van der Waals surface area (Å²) >= 11 is 1.79. The van der Waals surface area contributed by atoms with Crippen LogP contribution in [0.2, 0.25) is 0 Å². The highest BCUT2D eigenvalue weighted by molar-refractivity contribution is 7.99. The van der Waals surface area contributed by atoms with Gasteiger partial charge in [-0.2, -0.15) is 0 Å². The first-order valence-electron chi connectivity index (χ1n) is 12.8. The summed E-state index contributed by atoms with van der Waals surface area (Å²) < 4.78 is 2.11.